The molecule has 2 aromatic heterocycles. The quantitative estimate of drug-likeness (QED) is 0.162. The van der Waals surface area contributed by atoms with Gasteiger partial charge in [-0.2, -0.15) is 0 Å². The summed E-state index contributed by atoms with van der Waals surface area (Å²) < 4.78 is 0. The molecule has 3 heterocycles. The molecule has 1 aliphatic carbocycles. The Labute approximate surface area is 370 Å². The predicted molar refractivity (Wildman–Crippen MR) is 260 cm³/mol. The molecule has 298 valence electrons. The zero-order valence-corrected chi connectivity index (χ0v) is 34.6. The summed E-state index contributed by atoms with van der Waals surface area (Å²) in [5, 5.41) is 3.41. The molecule has 0 fully saturated rings. The van der Waals surface area contributed by atoms with Crippen molar-refractivity contribution >= 4 is 38.7 Å². The number of fused-ring (bicyclic) bond motifs is 12. The molecule has 0 amide bonds. The lowest BCUT2D eigenvalue weighted by molar-refractivity contribution is 0.753. The summed E-state index contributed by atoms with van der Waals surface area (Å²) in [6.45, 7) is 0. The van der Waals surface area contributed by atoms with E-state index in [-0.39, 0.29) is 0 Å². The van der Waals surface area contributed by atoms with Crippen LogP contribution in [0.4, 0.5) is 17.1 Å². The van der Waals surface area contributed by atoms with E-state index >= 15 is 0 Å². The van der Waals surface area contributed by atoms with Crippen LogP contribution in [0.15, 0.2) is 224 Å². The Morgan fingerprint density at radius 2 is 0.797 bits per heavy atom. The summed E-state index contributed by atoms with van der Waals surface area (Å²) in [5.41, 5.74) is 16.2. The average molecular weight is 816 g/mol. The number of anilines is 3. The van der Waals surface area contributed by atoms with E-state index in [1.807, 2.05) is 60.7 Å². The van der Waals surface area contributed by atoms with Crippen LogP contribution in [0.1, 0.15) is 22.3 Å². The summed E-state index contributed by atoms with van der Waals surface area (Å²) in [5.74, 6) is 1.89. The van der Waals surface area contributed by atoms with Crippen molar-refractivity contribution in [2.75, 3.05) is 4.90 Å². The third-order valence-corrected chi connectivity index (χ3v) is 13.1. The molecule has 0 bridgehead atoms. The van der Waals surface area contributed by atoms with E-state index in [1.165, 1.54) is 50.1 Å². The SMILES string of the molecule is c1ccc(-c2nc(-c3ccccc3)nc(-c3ccc(-c4nc5ccccc5c5cc6c(cc45)-c4ccccc4C64c5ccccc5N(c5ccccc5)c5ccccc54)cc3)n2)cc1. The molecule has 0 radical (unpaired) electrons. The summed E-state index contributed by atoms with van der Waals surface area (Å²) in [7, 11) is 0. The Morgan fingerprint density at radius 1 is 0.312 bits per heavy atom. The lowest BCUT2D eigenvalue weighted by Gasteiger charge is -2.45. The Bertz CT molecular complexity index is 3500. The second kappa shape index (κ2) is 14.3. The molecule has 0 saturated carbocycles. The molecule has 64 heavy (non-hydrogen) atoms. The zero-order chi connectivity index (χ0) is 42.2. The average Bonchev–Trinajstić information content (AvgIpc) is 3.66. The van der Waals surface area contributed by atoms with Crippen LogP contribution >= 0.6 is 0 Å². The Hall–Kier alpha value is -8.54. The Morgan fingerprint density at radius 3 is 1.42 bits per heavy atom. The molecular formula is C59H37N5. The van der Waals surface area contributed by atoms with Gasteiger partial charge in [0.15, 0.2) is 17.5 Å². The van der Waals surface area contributed by atoms with Crippen molar-refractivity contribution in [3.05, 3.63) is 247 Å². The molecule has 0 N–H and O–H groups in total. The van der Waals surface area contributed by atoms with Crippen molar-refractivity contribution in [3.8, 4) is 56.5 Å². The van der Waals surface area contributed by atoms with Crippen molar-refractivity contribution in [2.45, 2.75) is 5.41 Å². The highest BCUT2D eigenvalue weighted by Crippen LogP contribution is 2.64. The van der Waals surface area contributed by atoms with Gasteiger partial charge in [-0.1, -0.05) is 182 Å². The van der Waals surface area contributed by atoms with Crippen LogP contribution in [0.5, 0.6) is 0 Å². The molecule has 1 spiro atoms. The van der Waals surface area contributed by atoms with Crippen molar-refractivity contribution in [1.82, 2.24) is 19.9 Å². The minimum absolute atomic E-state index is 0.563. The first-order valence-corrected chi connectivity index (χ1v) is 21.7. The number of benzene rings is 9. The maximum atomic E-state index is 5.44. The first kappa shape index (κ1) is 36.1. The van der Waals surface area contributed by atoms with Gasteiger partial charge in [0.25, 0.3) is 0 Å². The van der Waals surface area contributed by atoms with E-state index in [9.17, 15) is 0 Å². The fourth-order valence-corrected chi connectivity index (χ4v) is 10.3. The van der Waals surface area contributed by atoms with Crippen LogP contribution < -0.4 is 4.90 Å². The topological polar surface area (TPSA) is 54.8 Å². The molecule has 5 heteroatoms. The monoisotopic (exact) mass is 815 g/mol. The molecule has 11 aromatic rings. The van der Waals surface area contributed by atoms with E-state index < -0.39 is 5.41 Å². The molecular weight excluding hydrogens is 779 g/mol. The van der Waals surface area contributed by atoms with Crippen LogP contribution in [0, 0.1) is 0 Å². The first-order chi connectivity index (χ1) is 31.7. The maximum absolute atomic E-state index is 5.44. The second-order valence-corrected chi connectivity index (χ2v) is 16.5. The van der Waals surface area contributed by atoms with E-state index in [4.69, 9.17) is 19.9 Å². The number of hydrogen-bond donors (Lipinski definition) is 0. The molecule has 2 aliphatic rings. The van der Waals surface area contributed by atoms with Gasteiger partial charge in [0.1, 0.15) is 0 Å². The highest BCUT2D eigenvalue weighted by molar-refractivity contribution is 6.14. The van der Waals surface area contributed by atoms with Gasteiger partial charge in [-0.05, 0) is 81.2 Å². The standard InChI is InChI=1S/C59H37N5/c1-4-18-39(19-5-1)56-61-57(40-20-6-2-7-21-40)63-58(62-56)41-34-32-38(33-35-41)55-47-36-46-43-24-10-12-26-48(43)59(51(46)37-45(47)44-25-11-15-29-52(44)60-55)49-27-13-16-30-53(49)64(42-22-8-3-9-23-42)54-31-17-14-28-50(54)59/h1-37H. The van der Waals surface area contributed by atoms with Crippen molar-refractivity contribution in [1.29, 1.82) is 0 Å². The van der Waals surface area contributed by atoms with Crippen LogP contribution in [-0.2, 0) is 5.41 Å². The minimum atomic E-state index is -0.563. The molecule has 0 unspecified atom stereocenters. The van der Waals surface area contributed by atoms with Gasteiger partial charge in [-0.15, -0.1) is 0 Å². The third-order valence-electron chi connectivity index (χ3n) is 13.1. The van der Waals surface area contributed by atoms with E-state index in [1.54, 1.807) is 0 Å². The van der Waals surface area contributed by atoms with Gasteiger partial charge in [0.2, 0.25) is 0 Å². The smallest absolute Gasteiger partial charge is 0.164 e. The Balaban J connectivity index is 1.02. The van der Waals surface area contributed by atoms with Gasteiger partial charge in [-0.25, -0.2) is 19.9 Å². The van der Waals surface area contributed by atoms with Crippen LogP contribution in [0.3, 0.4) is 0 Å². The largest absolute Gasteiger partial charge is 0.310 e. The molecule has 1 aliphatic heterocycles. The van der Waals surface area contributed by atoms with E-state index in [2.05, 4.69) is 169 Å². The first-order valence-electron chi connectivity index (χ1n) is 21.7. The fraction of sp³-hybridized carbons (Fsp3) is 0.0169. The van der Waals surface area contributed by atoms with Gasteiger partial charge in [0, 0.05) is 38.7 Å². The molecule has 0 atom stereocenters. The van der Waals surface area contributed by atoms with Gasteiger partial charge < -0.3 is 4.90 Å². The maximum Gasteiger partial charge on any atom is 0.164 e. The normalized spacial score (nSPS) is 13.1. The van der Waals surface area contributed by atoms with Crippen LogP contribution in [0.2, 0.25) is 0 Å². The lowest BCUT2D eigenvalue weighted by Crippen LogP contribution is -2.36. The van der Waals surface area contributed by atoms with E-state index in [0.29, 0.717) is 17.5 Å². The fourth-order valence-electron chi connectivity index (χ4n) is 10.3. The number of pyridine rings is 1. The molecule has 9 aromatic carbocycles. The number of nitrogens with zero attached hydrogens (tertiary/aromatic N) is 5. The zero-order valence-electron chi connectivity index (χ0n) is 34.6. The molecule has 5 nitrogen and oxygen atoms in total. The van der Waals surface area contributed by atoms with Crippen molar-refractivity contribution < 1.29 is 0 Å². The lowest BCUT2D eigenvalue weighted by atomic mass is 9.64. The van der Waals surface area contributed by atoms with Crippen LogP contribution in [0.25, 0.3) is 78.2 Å². The van der Waals surface area contributed by atoms with E-state index in [0.717, 1.165) is 49.9 Å². The number of hydrogen-bond acceptors (Lipinski definition) is 5. The summed E-state index contributed by atoms with van der Waals surface area (Å²) >= 11 is 0. The van der Waals surface area contributed by atoms with Gasteiger partial charge >= 0.3 is 0 Å². The van der Waals surface area contributed by atoms with Gasteiger partial charge in [0.05, 0.1) is 28.0 Å². The number of rotatable bonds is 5. The minimum Gasteiger partial charge on any atom is -0.310 e. The predicted octanol–water partition coefficient (Wildman–Crippen LogP) is 14.4. The van der Waals surface area contributed by atoms with Crippen molar-refractivity contribution in [3.63, 3.8) is 0 Å². The molecule has 13 rings (SSSR count). The highest BCUT2D eigenvalue weighted by Gasteiger charge is 2.51. The summed E-state index contributed by atoms with van der Waals surface area (Å²) in [6, 6.07) is 79.9. The molecule has 0 saturated heterocycles. The van der Waals surface area contributed by atoms with Gasteiger partial charge in [-0.3, -0.25) is 0 Å². The van der Waals surface area contributed by atoms with Crippen LogP contribution in [-0.4, -0.2) is 19.9 Å². The highest BCUT2D eigenvalue weighted by atomic mass is 15.2. The summed E-state index contributed by atoms with van der Waals surface area (Å²) in [6.07, 6.45) is 0. The van der Waals surface area contributed by atoms with Crippen molar-refractivity contribution in [2.24, 2.45) is 0 Å². The summed E-state index contributed by atoms with van der Waals surface area (Å²) in [4.78, 5) is 22.8. The third kappa shape index (κ3) is 5.37. The Kier molecular flexibility index (Phi) is 8.06. The number of aromatic nitrogens is 4. The second-order valence-electron chi connectivity index (χ2n) is 16.5. The number of para-hydroxylation sites is 4.